The molecule has 2 heteroatoms. The van der Waals surface area contributed by atoms with E-state index in [4.69, 9.17) is 5.73 Å². The molecule has 2 aromatic carbocycles. The Morgan fingerprint density at radius 1 is 0.938 bits per heavy atom. The molecule has 0 aliphatic heterocycles. The molecule has 0 saturated carbocycles. The van der Waals surface area contributed by atoms with E-state index in [1.165, 1.54) is 27.4 Å². The number of hydrogen-bond donors (Lipinski definition) is 1. The van der Waals surface area contributed by atoms with Crippen molar-refractivity contribution < 1.29 is 0 Å². The topological polar surface area (TPSA) is 30.9 Å². The molecule has 0 amide bonds. The van der Waals surface area contributed by atoms with Crippen LogP contribution in [0.2, 0.25) is 0 Å². The van der Waals surface area contributed by atoms with Crippen LogP contribution in [0.3, 0.4) is 0 Å². The molecule has 0 bridgehead atoms. The summed E-state index contributed by atoms with van der Waals surface area (Å²) in [5.74, 6) is 0. The zero-order valence-electron chi connectivity index (χ0n) is 9.49. The molecule has 0 spiro atoms. The van der Waals surface area contributed by atoms with Crippen molar-refractivity contribution in [3.05, 3.63) is 42.0 Å². The Hall–Kier alpha value is -1.96. The summed E-state index contributed by atoms with van der Waals surface area (Å²) in [5.41, 5.74) is 10.4. The van der Waals surface area contributed by atoms with Gasteiger partial charge in [-0.15, -0.1) is 0 Å². The molecule has 0 fully saturated rings. The highest BCUT2D eigenvalue weighted by Gasteiger charge is 2.07. The molecular formula is C14H14N2. The predicted molar refractivity (Wildman–Crippen MR) is 69.6 cm³/mol. The zero-order valence-corrected chi connectivity index (χ0v) is 9.49. The van der Waals surface area contributed by atoms with Gasteiger partial charge in [-0.05, 0) is 31.2 Å². The SMILES string of the molecule is Cc1ccc2c(c1)c1ccc(N)cc1n2C. The van der Waals surface area contributed by atoms with Crippen LogP contribution in [0, 0.1) is 6.92 Å². The average molecular weight is 210 g/mol. The van der Waals surface area contributed by atoms with Crippen LogP contribution >= 0.6 is 0 Å². The number of aromatic nitrogens is 1. The first-order chi connectivity index (χ1) is 7.66. The van der Waals surface area contributed by atoms with E-state index in [1.807, 2.05) is 12.1 Å². The fraction of sp³-hybridized carbons (Fsp3) is 0.143. The minimum absolute atomic E-state index is 0.815. The third-order valence-corrected chi connectivity index (χ3v) is 3.19. The molecule has 2 N–H and O–H groups in total. The number of nitrogens with two attached hydrogens (primary N) is 1. The van der Waals surface area contributed by atoms with Crippen LogP contribution in [-0.4, -0.2) is 4.57 Å². The van der Waals surface area contributed by atoms with Gasteiger partial charge in [-0.2, -0.15) is 0 Å². The van der Waals surface area contributed by atoms with E-state index < -0.39 is 0 Å². The summed E-state index contributed by atoms with van der Waals surface area (Å²) in [5, 5.41) is 2.58. The highest BCUT2D eigenvalue weighted by molar-refractivity contribution is 6.08. The molecule has 0 aliphatic rings. The molecule has 0 saturated heterocycles. The Kier molecular flexibility index (Phi) is 1.75. The number of anilines is 1. The van der Waals surface area contributed by atoms with Crippen molar-refractivity contribution in [2.45, 2.75) is 6.92 Å². The van der Waals surface area contributed by atoms with E-state index >= 15 is 0 Å². The summed E-state index contributed by atoms with van der Waals surface area (Å²) in [6.45, 7) is 2.12. The first kappa shape index (κ1) is 9.28. The van der Waals surface area contributed by atoms with E-state index in [9.17, 15) is 0 Å². The lowest BCUT2D eigenvalue weighted by molar-refractivity contribution is 1.01. The van der Waals surface area contributed by atoms with Gasteiger partial charge >= 0.3 is 0 Å². The van der Waals surface area contributed by atoms with E-state index in [2.05, 4.69) is 42.8 Å². The van der Waals surface area contributed by atoms with E-state index in [-0.39, 0.29) is 0 Å². The highest BCUT2D eigenvalue weighted by Crippen LogP contribution is 2.29. The van der Waals surface area contributed by atoms with Gasteiger partial charge in [0.05, 0.1) is 5.52 Å². The van der Waals surface area contributed by atoms with Crippen molar-refractivity contribution in [3.63, 3.8) is 0 Å². The lowest BCUT2D eigenvalue weighted by Gasteiger charge is -1.98. The number of hydrogen-bond acceptors (Lipinski definition) is 1. The Morgan fingerprint density at radius 3 is 2.56 bits per heavy atom. The fourth-order valence-electron chi connectivity index (χ4n) is 2.34. The monoisotopic (exact) mass is 210 g/mol. The minimum Gasteiger partial charge on any atom is -0.399 e. The molecule has 1 aromatic heterocycles. The van der Waals surface area contributed by atoms with Crippen molar-refractivity contribution in [3.8, 4) is 0 Å². The second kappa shape index (κ2) is 3.01. The van der Waals surface area contributed by atoms with Gasteiger partial charge in [-0.25, -0.2) is 0 Å². The first-order valence-electron chi connectivity index (χ1n) is 5.41. The largest absolute Gasteiger partial charge is 0.399 e. The molecule has 80 valence electrons. The smallest absolute Gasteiger partial charge is 0.0509 e. The van der Waals surface area contributed by atoms with Gasteiger partial charge < -0.3 is 10.3 Å². The van der Waals surface area contributed by atoms with Crippen molar-refractivity contribution >= 4 is 27.5 Å². The third-order valence-electron chi connectivity index (χ3n) is 3.19. The number of nitrogens with zero attached hydrogens (tertiary/aromatic N) is 1. The maximum atomic E-state index is 5.83. The maximum absolute atomic E-state index is 5.83. The molecule has 0 atom stereocenters. The average Bonchev–Trinajstić information content (AvgIpc) is 2.52. The van der Waals surface area contributed by atoms with Crippen LogP contribution in [0.15, 0.2) is 36.4 Å². The summed E-state index contributed by atoms with van der Waals surface area (Å²) in [4.78, 5) is 0. The zero-order chi connectivity index (χ0) is 11.3. The summed E-state index contributed by atoms with van der Waals surface area (Å²) >= 11 is 0. The normalized spacial score (nSPS) is 11.4. The van der Waals surface area contributed by atoms with Gasteiger partial charge in [0.2, 0.25) is 0 Å². The standard InChI is InChI=1S/C14H14N2/c1-9-3-6-13-12(7-9)11-5-4-10(15)8-14(11)16(13)2/h3-8H,15H2,1-2H3. The second-order valence-corrected chi connectivity index (χ2v) is 4.36. The number of nitrogen functional groups attached to an aromatic ring is 1. The quantitative estimate of drug-likeness (QED) is 0.567. The molecule has 1 heterocycles. The number of fused-ring (bicyclic) bond motifs is 3. The van der Waals surface area contributed by atoms with E-state index in [1.54, 1.807) is 0 Å². The Bertz CT molecular complexity index is 693. The van der Waals surface area contributed by atoms with Crippen LogP contribution in [0.4, 0.5) is 5.69 Å². The Balaban J connectivity index is 2.59. The highest BCUT2D eigenvalue weighted by atomic mass is 14.9. The fourth-order valence-corrected chi connectivity index (χ4v) is 2.34. The summed E-state index contributed by atoms with van der Waals surface area (Å²) in [6, 6.07) is 12.6. The molecule has 3 aromatic rings. The number of aryl methyl sites for hydroxylation is 2. The Labute approximate surface area is 94.3 Å². The predicted octanol–water partition coefficient (Wildman–Crippen LogP) is 3.22. The van der Waals surface area contributed by atoms with E-state index in [0.717, 1.165) is 5.69 Å². The summed E-state index contributed by atoms with van der Waals surface area (Å²) in [6.07, 6.45) is 0. The van der Waals surface area contributed by atoms with Gasteiger partial charge in [-0.3, -0.25) is 0 Å². The number of benzene rings is 2. The molecule has 0 aliphatic carbocycles. The van der Waals surface area contributed by atoms with Crippen LogP contribution in [0.25, 0.3) is 21.8 Å². The van der Waals surface area contributed by atoms with Gasteiger partial charge in [0, 0.05) is 29.0 Å². The Morgan fingerprint density at radius 2 is 1.75 bits per heavy atom. The lowest BCUT2D eigenvalue weighted by Crippen LogP contribution is -1.88. The van der Waals surface area contributed by atoms with Crippen LogP contribution in [0.1, 0.15) is 5.56 Å². The van der Waals surface area contributed by atoms with Crippen molar-refractivity contribution in [1.29, 1.82) is 0 Å². The molecule has 0 unspecified atom stereocenters. The van der Waals surface area contributed by atoms with Crippen molar-refractivity contribution in [2.75, 3.05) is 5.73 Å². The van der Waals surface area contributed by atoms with Crippen LogP contribution in [0.5, 0.6) is 0 Å². The van der Waals surface area contributed by atoms with Crippen molar-refractivity contribution in [1.82, 2.24) is 4.57 Å². The molecule has 3 rings (SSSR count). The van der Waals surface area contributed by atoms with Gasteiger partial charge in [0.1, 0.15) is 0 Å². The molecule has 2 nitrogen and oxygen atoms in total. The minimum atomic E-state index is 0.815. The maximum Gasteiger partial charge on any atom is 0.0509 e. The van der Waals surface area contributed by atoms with Crippen LogP contribution in [-0.2, 0) is 7.05 Å². The first-order valence-corrected chi connectivity index (χ1v) is 5.41. The third kappa shape index (κ3) is 1.13. The van der Waals surface area contributed by atoms with E-state index in [0.29, 0.717) is 0 Å². The van der Waals surface area contributed by atoms with Gasteiger partial charge in [0.15, 0.2) is 0 Å². The molecule has 0 radical (unpaired) electrons. The summed E-state index contributed by atoms with van der Waals surface area (Å²) in [7, 11) is 2.08. The van der Waals surface area contributed by atoms with Gasteiger partial charge in [0.25, 0.3) is 0 Å². The van der Waals surface area contributed by atoms with Crippen molar-refractivity contribution in [2.24, 2.45) is 7.05 Å². The second-order valence-electron chi connectivity index (χ2n) is 4.36. The van der Waals surface area contributed by atoms with Gasteiger partial charge in [-0.1, -0.05) is 17.7 Å². The van der Waals surface area contributed by atoms with Crippen LogP contribution < -0.4 is 5.73 Å². The lowest BCUT2D eigenvalue weighted by atomic mass is 10.1. The molecule has 16 heavy (non-hydrogen) atoms. The molecular weight excluding hydrogens is 196 g/mol. The summed E-state index contributed by atoms with van der Waals surface area (Å²) < 4.78 is 2.19. The number of rotatable bonds is 0.